The smallest absolute Gasteiger partial charge is 0.234 e. The van der Waals surface area contributed by atoms with Crippen molar-refractivity contribution in [2.75, 3.05) is 16.9 Å². The van der Waals surface area contributed by atoms with Crippen molar-refractivity contribution >= 4 is 23.4 Å². The average molecular weight is 337 g/mol. The number of aryl methyl sites for hydroxylation is 2. The van der Waals surface area contributed by atoms with E-state index in [1.54, 1.807) is 4.68 Å². The molecule has 0 fully saturated rings. The van der Waals surface area contributed by atoms with E-state index in [2.05, 4.69) is 20.6 Å². The van der Waals surface area contributed by atoms with Crippen molar-refractivity contribution in [1.82, 2.24) is 24.7 Å². The molecular weight excluding hydrogens is 314 g/mol. The number of nitrogens with two attached hydrogens (primary N) is 1. The van der Waals surface area contributed by atoms with Crippen molar-refractivity contribution in [2.24, 2.45) is 7.05 Å². The van der Waals surface area contributed by atoms with Crippen LogP contribution in [0.3, 0.4) is 0 Å². The van der Waals surface area contributed by atoms with E-state index in [9.17, 15) is 4.79 Å². The maximum absolute atomic E-state index is 12.1. The highest BCUT2D eigenvalue weighted by molar-refractivity contribution is 7.99. The van der Waals surface area contributed by atoms with Crippen LogP contribution in [0.25, 0.3) is 0 Å². The lowest BCUT2D eigenvalue weighted by atomic mass is 9.96. The van der Waals surface area contributed by atoms with E-state index in [-0.39, 0.29) is 17.1 Å². The molecule has 0 bridgehead atoms. The minimum Gasteiger partial charge on any atom is -0.336 e. The zero-order valence-corrected chi connectivity index (χ0v) is 15.2. The number of nitrogens with zero attached hydrogens (tertiary/aromatic N) is 5. The summed E-state index contributed by atoms with van der Waals surface area (Å²) in [5, 5.41) is 15.8. The highest BCUT2D eigenvalue weighted by atomic mass is 32.2. The third-order valence-corrected chi connectivity index (χ3v) is 4.38. The first-order valence-electron chi connectivity index (χ1n) is 7.25. The lowest BCUT2D eigenvalue weighted by Gasteiger charge is -2.16. The number of hydrogen-bond donors (Lipinski definition) is 2. The van der Waals surface area contributed by atoms with Crippen LogP contribution in [0.15, 0.2) is 5.16 Å². The summed E-state index contributed by atoms with van der Waals surface area (Å²) in [6, 6.07) is 0. The van der Waals surface area contributed by atoms with Gasteiger partial charge in [0.25, 0.3) is 0 Å². The van der Waals surface area contributed by atoms with Crippen molar-refractivity contribution in [3.63, 3.8) is 0 Å². The van der Waals surface area contributed by atoms with Gasteiger partial charge in [-0.2, -0.15) is 5.10 Å². The standard InChI is InChI=1S/C14H23N7OS/c1-8-11(9(2)20(6)19-8)16-10(22)7-23-13-18-17-12(21(13)15)14(3,4)5/h7,15H2,1-6H3,(H,16,22). The summed E-state index contributed by atoms with van der Waals surface area (Å²) in [4.78, 5) is 12.1. The van der Waals surface area contributed by atoms with Crippen LogP contribution < -0.4 is 11.2 Å². The van der Waals surface area contributed by atoms with Gasteiger partial charge in [0.15, 0.2) is 5.82 Å². The number of nitrogens with one attached hydrogen (secondary N) is 1. The van der Waals surface area contributed by atoms with E-state index >= 15 is 0 Å². The lowest BCUT2D eigenvalue weighted by Crippen LogP contribution is -2.24. The molecule has 9 heteroatoms. The number of amides is 1. The van der Waals surface area contributed by atoms with Crippen LogP contribution in [0, 0.1) is 13.8 Å². The van der Waals surface area contributed by atoms with Crippen molar-refractivity contribution in [2.45, 2.75) is 45.2 Å². The Bertz CT molecular complexity index is 726. The molecule has 126 valence electrons. The van der Waals surface area contributed by atoms with Gasteiger partial charge in [-0.1, -0.05) is 32.5 Å². The van der Waals surface area contributed by atoms with E-state index in [1.165, 1.54) is 16.4 Å². The van der Waals surface area contributed by atoms with Gasteiger partial charge in [-0.25, -0.2) is 4.68 Å². The van der Waals surface area contributed by atoms with E-state index < -0.39 is 0 Å². The number of nitrogen functional groups attached to an aromatic ring is 1. The molecule has 0 radical (unpaired) electrons. The van der Waals surface area contributed by atoms with E-state index in [0.29, 0.717) is 11.0 Å². The summed E-state index contributed by atoms with van der Waals surface area (Å²) in [5.74, 6) is 6.76. The SMILES string of the molecule is Cc1nn(C)c(C)c1NC(=O)CSc1nnc(C(C)(C)C)n1N. The molecule has 1 amide bonds. The molecule has 0 aromatic carbocycles. The Hall–Kier alpha value is -2.03. The quantitative estimate of drug-likeness (QED) is 0.645. The summed E-state index contributed by atoms with van der Waals surface area (Å²) in [6.45, 7) is 9.80. The second kappa shape index (κ2) is 6.23. The summed E-state index contributed by atoms with van der Waals surface area (Å²) >= 11 is 1.25. The van der Waals surface area contributed by atoms with Crippen LogP contribution in [0.5, 0.6) is 0 Å². The monoisotopic (exact) mass is 337 g/mol. The Morgan fingerprint density at radius 1 is 1.30 bits per heavy atom. The summed E-state index contributed by atoms with van der Waals surface area (Å²) < 4.78 is 3.18. The first-order chi connectivity index (χ1) is 10.6. The Morgan fingerprint density at radius 3 is 2.43 bits per heavy atom. The third-order valence-electron chi connectivity index (χ3n) is 3.44. The summed E-state index contributed by atoms with van der Waals surface area (Å²) in [6.07, 6.45) is 0. The van der Waals surface area contributed by atoms with Crippen LogP contribution in [-0.4, -0.2) is 36.3 Å². The zero-order valence-electron chi connectivity index (χ0n) is 14.3. The lowest BCUT2D eigenvalue weighted by molar-refractivity contribution is -0.113. The molecule has 0 aliphatic rings. The Morgan fingerprint density at radius 2 is 1.96 bits per heavy atom. The Balaban J connectivity index is 2.01. The number of rotatable bonds is 4. The minimum atomic E-state index is -0.202. The normalized spacial score (nSPS) is 11.7. The second-order valence-corrected chi connectivity index (χ2v) is 7.37. The highest BCUT2D eigenvalue weighted by Gasteiger charge is 2.23. The molecular formula is C14H23N7OS. The number of aromatic nitrogens is 5. The van der Waals surface area contributed by atoms with Gasteiger partial charge in [0.2, 0.25) is 11.1 Å². The Kier molecular flexibility index (Phi) is 4.69. The summed E-state index contributed by atoms with van der Waals surface area (Å²) in [7, 11) is 1.84. The zero-order chi connectivity index (χ0) is 17.4. The van der Waals surface area contributed by atoms with Crippen molar-refractivity contribution in [1.29, 1.82) is 0 Å². The maximum Gasteiger partial charge on any atom is 0.234 e. The molecule has 0 saturated heterocycles. The number of anilines is 1. The number of thioether (sulfide) groups is 1. The van der Waals surface area contributed by atoms with Crippen LogP contribution in [0.1, 0.15) is 38.0 Å². The molecule has 0 saturated carbocycles. The van der Waals surface area contributed by atoms with E-state index in [1.807, 2.05) is 41.7 Å². The molecule has 2 rings (SSSR count). The van der Waals surface area contributed by atoms with Gasteiger partial charge < -0.3 is 11.2 Å². The van der Waals surface area contributed by atoms with E-state index in [4.69, 9.17) is 5.84 Å². The molecule has 2 aromatic rings. The van der Waals surface area contributed by atoms with Gasteiger partial charge in [-0.3, -0.25) is 9.48 Å². The van der Waals surface area contributed by atoms with Crippen molar-refractivity contribution < 1.29 is 4.79 Å². The number of carbonyl (C=O) groups excluding carboxylic acids is 1. The van der Waals surface area contributed by atoms with Crippen LogP contribution in [-0.2, 0) is 17.3 Å². The molecule has 0 aliphatic heterocycles. The third kappa shape index (κ3) is 3.66. The van der Waals surface area contributed by atoms with Gasteiger partial charge in [-0.05, 0) is 13.8 Å². The Labute approximate surface area is 139 Å². The second-order valence-electron chi connectivity index (χ2n) is 6.43. The topological polar surface area (TPSA) is 104 Å². The summed E-state index contributed by atoms with van der Waals surface area (Å²) in [5.41, 5.74) is 2.26. The van der Waals surface area contributed by atoms with Gasteiger partial charge in [0.1, 0.15) is 0 Å². The fraction of sp³-hybridized carbons (Fsp3) is 0.571. The molecule has 23 heavy (non-hydrogen) atoms. The fourth-order valence-corrected chi connectivity index (χ4v) is 2.80. The number of carbonyl (C=O) groups is 1. The van der Waals surface area contributed by atoms with Crippen LogP contribution in [0.4, 0.5) is 5.69 Å². The fourth-order valence-electron chi connectivity index (χ4n) is 2.15. The molecule has 2 aromatic heterocycles. The van der Waals surface area contributed by atoms with Crippen LogP contribution in [0.2, 0.25) is 0 Å². The molecule has 8 nitrogen and oxygen atoms in total. The van der Waals surface area contributed by atoms with Gasteiger partial charge in [0.05, 0.1) is 22.8 Å². The van der Waals surface area contributed by atoms with E-state index in [0.717, 1.165) is 17.1 Å². The largest absolute Gasteiger partial charge is 0.336 e. The maximum atomic E-state index is 12.1. The molecule has 3 N–H and O–H groups in total. The van der Waals surface area contributed by atoms with Crippen molar-refractivity contribution in [3.05, 3.63) is 17.2 Å². The van der Waals surface area contributed by atoms with Gasteiger partial charge in [-0.15, -0.1) is 10.2 Å². The number of hydrogen-bond acceptors (Lipinski definition) is 6. The van der Waals surface area contributed by atoms with Gasteiger partial charge in [0, 0.05) is 12.5 Å². The molecule has 0 spiro atoms. The van der Waals surface area contributed by atoms with Crippen molar-refractivity contribution in [3.8, 4) is 0 Å². The predicted octanol–water partition coefficient (Wildman–Crippen LogP) is 1.37. The minimum absolute atomic E-state index is 0.130. The predicted molar refractivity (Wildman–Crippen MR) is 90.9 cm³/mol. The first kappa shape index (κ1) is 17.3. The molecule has 2 heterocycles. The molecule has 0 atom stereocenters. The van der Waals surface area contributed by atoms with Crippen LogP contribution >= 0.6 is 11.8 Å². The van der Waals surface area contributed by atoms with Gasteiger partial charge >= 0.3 is 0 Å². The average Bonchev–Trinajstić information content (AvgIpc) is 2.92. The highest BCUT2D eigenvalue weighted by Crippen LogP contribution is 2.24. The molecule has 0 unspecified atom stereocenters. The molecule has 0 aliphatic carbocycles. The first-order valence-corrected chi connectivity index (χ1v) is 8.23.